The summed E-state index contributed by atoms with van der Waals surface area (Å²) < 4.78 is 9.71. The molecule has 0 saturated heterocycles. The summed E-state index contributed by atoms with van der Waals surface area (Å²) in [6.07, 6.45) is 9.52. The number of para-hydroxylation sites is 1. The lowest BCUT2D eigenvalue weighted by Gasteiger charge is -2.11. The molecule has 1 N–H and O–H groups in total. The predicted octanol–water partition coefficient (Wildman–Crippen LogP) is 4.80. The quantitative estimate of drug-likeness (QED) is 0.329. The van der Waals surface area contributed by atoms with Crippen LogP contribution in [0.25, 0.3) is 10.9 Å². The Balaban J connectivity index is 1.38. The molecule has 7 heteroatoms. The fourth-order valence-corrected chi connectivity index (χ4v) is 4.39. The minimum Gasteiger partial charge on any atom is -0.497 e. The Hall–Kier alpha value is -3.87. The molecule has 34 heavy (non-hydrogen) atoms. The average Bonchev–Trinajstić information content (AvgIpc) is 3.60. The molecule has 0 aliphatic rings. The summed E-state index contributed by atoms with van der Waals surface area (Å²) in [6.45, 7) is 3.93. The van der Waals surface area contributed by atoms with Gasteiger partial charge in [-0.2, -0.15) is 0 Å². The number of benzene rings is 2. The van der Waals surface area contributed by atoms with Crippen LogP contribution in [0.3, 0.4) is 0 Å². The van der Waals surface area contributed by atoms with Gasteiger partial charge in [-0.15, -0.1) is 10.2 Å². The van der Waals surface area contributed by atoms with Gasteiger partial charge in [0.15, 0.2) is 0 Å². The first-order chi connectivity index (χ1) is 16.7. The lowest BCUT2D eigenvalue weighted by atomic mass is 10.1. The van der Waals surface area contributed by atoms with E-state index in [-0.39, 0.29) is 0 Å². The fourth-order valence-electron chi connectivity index (χ4n) is 4.39. The highest BCUT2D eigenvalue weighted by Gasteiger charge is 2.15. The lowest BCUT2D eigenvalue weighted by molar-refractivity contribution is 0.414. The number of aryl methyl sites for hydroxylation is 2. The number of rotatable bonds is 10. The zero-order chi connectivity index (χ0) is 23.3. The van der Waals surface area contributed by atoms with Crippen LogP contribution in [0.2, 0.25) is 0 Å². The van der Waals surface area contributed by atoms with E-state index >= 15 is 0 Å². The van der Waals surface area contributed by atoms with E-state index in [9.17, 15) is 0 Å². The largest absolute Gasteiger partial charge is 0.497 e. The summed E-state index contributed by atoms with van der Waals surface area (Å²) in [5.74, 6) is 2.84. The minimum atomic E-state index is 0.731. The summed E-state index contributed by atoms with van der Waals surface area (Å²) >= 11 is 0. The molecule has 0 fully saturated rings. The molecule has 0 amide bonds. The van der Waals surface area contributed by atoms with Gasteiger partial charge in [-0.05, 0) is 49.1 Å². The zero-order valence-corrected chi connectivity index (χ0v) is 19.7. The summed E-state index contributed by atoms with van der Waals surface area (Å²) in [4.78, 5) is 7.91. The Kier molecular flexibility index (Phi) is 6.42. The van der Waals surface area contributed by atoms with E-state index in [1.54, 1.807) is 7.11 Å². The Morgan fingerprint density at radius 2 is 1.76 bits per heavy atom. The molecular formula is C27H30N6O. The minimum absolute atomic E-state index is 0.731. The zero-order valence-electron chi connectivity index (χ0n) is 19.7. The summed E-state index contributed by atoms with van der Waals surface area (Å²) in [6, 6.07) is 16.6. The van der Waals surface area contributed by atoms with Crippen LogP contribution in [-0.4, -0.2) is 36.4 Å². The van der Waals surface area contributed by atoms with Crippen molar-refractivity contribution >= 4 is 10.9 Å². The van der Waals surface area contributed by atoms with Gasteiger partial charge in [0, 0.05) is 49.2 Å². The van der Waals surface area contributed by atoms with Gasteiger partial charge in [0.2, 0.25) is 0 Å². The molecule has 7 nitrogen and oxygen atoms in total. The van der Waals surface area contributed by atoms with E-state index in [2.05, 4.69) is 85.0 Å². The van der Waals surface area contributed by atoms with E-state index in [0.717, 1.165) is 67.4 Å². The van der Waals surface area contributed by atoms with Crippen LogP contribution in [0.5, 0.6) is 5.75 Å². The summed E-state index contributed by atoms with van der Waals surface area (Å²) in [7, 11) is 1.69. The molecule has 0 aliphatic heterocycles. The number of fused-ring (bicyclic) bond motifs is 1. The van der Waals surface area contributed by atoms with Gasteiger partial charge in [0.1, 0.15) is 17.4 Å². The Bertz CT molecular complexity index is 1360. The Labute approximate surface area is 199 Å². The highest BCUT2D eigenvalue weighted by Crippen LogP contribution is 2.22. The Morgan fingerprint density at radius 1 is 0.971 bits per heavy atom. The maximum Gasteiger partial charge on any atom is 0.137 e. The van der Waals surface area contributed by atoms with Crippen LogP contribution in [0.1, 0.15) is 41.8 Å². The van der Waals surface area contributed by atoms with Gasteiger partial charge in [0.25, 0.3) is 0 Å². The fraction of sp³-hybridized carbons (Fsp3) is 0.296. The number of nitrogens with zero attached hydrogens (tertiary/aromatic N) is 5. The molecule has 0 unspecified atom stereocenters. The van der Waals surface area contributed by atoms with E-state index in [4.69, 9.17) is 4.74 Å². The van der Waals surface area contributed by atoms with E-state index in [1.807, 2.05) is 18.5 Å². The van der Waals surface area contributed by atoms with Gasteiger partial charge in [-0.3, -0.25) is 0 Å². The maximum absolute atomic E-state index is 5.30. The highest BCUT2D eigenvalue weighted by molar-refractivity contribution is 5.83. The standard InChI is InChI=1S/C27H30N6O/c1-3-32-18-22(29-19-32)7-6-14-33-26(15-20-10-12-23(34-2)13-11-20)30-31-27(33)16-21-17-28-25-9-5-4-8-24(21)25/h4-5,8-13,17-19,28H,3,6-7,14-16H2,1-2H3. The van der Waals surface area contributed by atoms with Crippen molar-refractivity contribution in [1.29, 1.82) is 0 Å². The Morgan fingerprint density at radius 3 is 2.53 bits per heavy atom. The molecule has 0 saturated carbocycles. The van der Waals surface area contributed by atoms with E-state index < -0.39 is 0 Å². The molecule has 5 rings (SSSR count). The number of hydrogen-bond donors (Lipinski definition) is 1. The number of ether oxygens (including phenoxy) is 1. The van der Waals surface area contributed by atoms with Crippen LogP contribution in [0.4, 0.5) is 0 Å². The predicted molar refractivity (Wildman–Crippen MR) is 133 cm³/mol. The van der Waals surface area contributed by atoms with Gasteiger partial charge in [0.05, 0.1) is 19.1 Å². The third-order valence-electron chi connectivity index (χ3n) is 6.32. The number of hydrogen-bond acceptors (Lipinski definition) is 4. The van der Waals surface area contributed by atoms with Crippen molar-refractivity contribution in [1.82, 2.24) is 29.3 Å². The molecule has 0 spiro atoms. The van der Waals surface area contributed by atoms with Crippen molar-refractivity contribution in [2.45, 2.75) is 45.7 Å². The molecule has 0 aliphatic carbocycles. The van der Waals surface area contributed by atoms with Crippen molar-refractivity contribution in [2.75, 3.05) is 7.11 Å². The first kappa shape index (κ1) is 21.9. The topological polar surface area (TPSA) is 73.6 Å². The SMILES string of the molecule is CCn1cnc(CCCn2c(Cc3ccc(OC)cc3)nnc2Cc2c[nH]c3ccccc23)c1. The highest BCUT2D eigenvalue weighted by atomic mass is 16.5. The molecule has 0 radical (unpaired) electrons. The third-order valence-corrected chi connectivity index (χ3v) is 6.32. The van der Waals surface area contributed by atoms with Crippen LogP contribution in [0, 0.1) is 0 Å². The van der Waals surface area contributed by atoms with Gasteiger partial charge in [-0.1, -0.05) is 30.3 Å². The monoisotopic (exact) mass is 454 g/mol. The van der Waals surface area contributed by atoms with Gasteiger partial charge in [-0.25, -0.2) is 4.98 Å². The number of H-pyrrole nitrogens is 1. The third kappa shape index (κ3) is 4.73. The second-order valence-electron chi connectivity index (χ2n) is 8.54. The number of imidazole rings is 1. The summed E-state index contributed by atoms with van der Waals surface area (Å²) in [5, 5.41) is 10.5. The number of methoxy groups -OCH3 is 1. The lowest BCUT2D eigenvalue weighted by Crippen LogP contribution is -2.10. The van der Waals surface area contributed by atoms with Crippen molar-refractivity contribution < 1.29 is 4.74 Å². The van der Waals surface area contributed by atoms with Crippen LogP contribution >= 0.6 is 0 Å². The molecular weight excluding hydrogens is 424 g/mol. The first-order valence-corrected chi connectivity index (χ1v) is 11.8. The van der Waals surface area contributed by atoms with Gasteiger partial charge < -0.3 is 18.9 Å². The molecule has 2 aromatic carbocycles. The van der Waals surface area contributed by atoms with Crippen LogP contribution in [-0.2, 0) is 32.4 Å². The van der Waals surface area contributed by atoms with Crippen LogP contribution in [0.15, 0.2) is 67.3 Å². The second kappa shape index (κ2) is 9.95. The molecule has 5 aromatic rings. The van der Waals surface area contributed by atoms with E-state index in [1.165, 1.54) is 16.5 Å². The van der Waals surface area contributed by atoms with Crippen molar-refractivity contribution in [3.8, 4) is 5.75 Å². The number of nitrogens with one attached hydrogen (secondary N) is 1. The smallest absolute Gasteiger partial charge is 0.137 e. The number of aromatic amines is 1. The molecule has 174 valence electrons. The maximum atomic E-state index is 5.30. The van der Waals surface area contributed by atoms with Crippen molar-refractivity contribution in [2.24, 2.45) is 0 Å². The molecule has 3 aromatic heterocycles. The van der Waals surface area contributed by atoms with E-state index in [0.29, 0.717) is 0 Å². The van der Waals surface area contributed by atoms with Crippen molar-refractivity contribution in [3.63, 3.8) is 0 Å². The summed E-state index contributed by atoms with van der Waals surface area (Å²) in [5.41, 5.74) is 4.70. The number of aromatic nitrogens is 6. The average molecular weight is 455 g/mol. The van der Waals surface area contributed by atoms with Crippen molar-refractivity contribution in [3.05, 3.63) is 95.7 Å². The molecule has 0 bridgehead atoms. The normalized spacial score (nSPS) is 11.4. The molecule has 0 atom stereocenters. The first-order valence-electron chi connectivity index (χ1n) is 11.8. The van der Waals surface area contributed by atoms with Crippen LogP contribution < -0.4 is 4.74 Å². The molecule has 3 heterocycles. The van der Waals surface area contributed by atoms with Gasteiger partial charge >= 0.3 is 0 Å². The second-order valence-corrected chi connectivity index (χ2v) is 8.54.